The van der Waals surface area contributed by atoms with E-state index >= 15 is 0 Å². The van der Waals surface area contributed by atoms with Crippen LogP contribution in [0.1, 0.15) is 12.8 Å². The molecule has 0 unspecified atom stereocenters. The highest BCUT2D eigenvalue weighted by molar-refractivity contribution is 14.1. The Bertz CT molecular complexity index is 297. The van der Waals surface area contributed by atoms with Crippen molar-refractivity contribution in [3.8, 4) is 5.75 Å². The Hall–Kier alpha value is -0.320. The molecule has 0 bridgehead atoms. The average molecular weight is 278 g/mol. The summed E-state index contributed by atoms with van der Waals surface area (Å²) in [7, 11) is 0. The first-order chi connectivity index (χ1) is 5.75. The van der Waals surface area contributed by atoms with Gasteiger partial charge in [0.1, 0.15) is 11.6 Å². The molecule has 1 aromatic carbocycles. The molecule has 1 aromatic rings. The van der Waals surface area contributed by atoms with Crippen LogP contribution in [0, 0.1) is 9.39 Å². The first kappa shape index (κ1) is 8.29. The topological polar surface area (TPSA) is 9.23 Å². The Labute approximate surface area is 84.1 Å². The van der Waals surface area contributed by atoms with Crippen molar-refractivity contribution < 1.29 is 9.13 Å². The molecule has 0 aromatic heterocycles. The Balaban J connectivity index is 2.18. The zero-order chi connectivity index (χ0) is 8.55. The number of rotatable bonds is 2. The molecule has 0 atom stereocenters. The van der Waals surface area contributed by atoms with E-state index in [1.807, 2.05) is 0 Å². The predicted molar refractivity (Wildman–Crippen MR) is 52.8 cm³/mol. The van der Waals surface area contributed by atoms with Gasteiger partial charge < -0.3 is 4.74 Å². The van der Waals surface area contributed by atoms with Crippen molar-refractivity contribution in [2.45, 2.75) is 18.9 Å². The van der Waals surface area contributed by atoms with E-state index in [4.69, 9.17) is 4.74 Å². The minimum atomic E-state index is -0.206. The monoisotopic (exact) mass is 278 g/mol. The van der Waals surface area contributed by atoms with Crippen LogP contribution >= 0.6 is 22.6 Å². The van der Waals surface area contributed by atoms with E-state index in [0.29, 0.717) is 6.10 Å². The maximum absolute atomic E-state index is 12.6. The number of halogens is 2. The third kappa shape index (κ3) is 1.88. The van der Waals surface area contributed by atoms with Crippen molar-refractivity contribution in [1.29, 1.82) is 0 Å². The summed E-state index contributed by atoms with van der Waals surface area (Å²) in [5, 5.41) is 0. The van der Waals surface area contributed by atoms with Gasteiger partial charge in [-0.05, 0) is 53.6 Å². The van der Waals surface area contributed by atoms with Gasteiger partial charge in [-0.3, -0.25) is 0 Å². The third-order valence-electron chi connectivity index (χ3n) is 1.71. The lowest BCUT2D eigenvalue weighted by Gasteiger charge is -2.05. The van der Waals surface area contributed by atoms with Crippen molar-refractivity contribution in [2.75, 3.05) is 0 Å². The standard InChI is InChI=1S/C9H8FIO/c10-6-1-4-9(8(11)5-6)12-7-2-3-7/h1,4-5,7H,2-3H2. The van der Waals surface area contributed by atoms with Gasteiger partial charge in [-0.15, -0.1) is 0 Å². The average Bonchev–Trinajstić information content (AvgIpc) is 2.79. The molecule has 0 heterocycles. The lowest BCUT2D eigenvalue weighted by atomic mass is 10.3. The highest BCUT2D eigenvalue weighted by Crippen LogP contribution is 2.30. The zero-order valence-corrected chi connectivity index (χ0v) is 8.55. The van der Waals surface area contributed by atoms with Crippen molar-refractivity contribution >= 4 is 22.6 Å². The minimum absolute atomic E-state index is 0.206. The van der Waals surface area contributed by atoms with Crippen LogP contribution in [0.2, 0.25) is 0 Å². The van der Waals surface area contributed by atoms with Crippen LogP contribution in [0.25, 0.3) is 0 Å². The Morgan fingerprint density at radius 1 is 1.42 bits per heavy atom. The van der Waals surface area contributed by atoms with E-state index in [1.165, 1.54) is 12.1 Å². The molecular weight excluding hydrogens is 270 g/mol. The molecule has 1 saturated carbocycles. The number of benzene rings is 1. The zero-order valence-electron chi connectivity index (χ0n) is 6.39. The predicted octanol–water partition coefficient (Wildman–Crippen LogP) is 2.97. The molecule has 0 aliphatic heterocycles. The van der Waals surface area contributed by atoms with E-state index in [1.54, 1.807) is 6.07 Å². The van der Waals surface area contributed by atoms with Gasteiger partial charge in [-0.2, -0.15) is 0 Å². The van der Waals surface area contributed by atoms with Gasteiger partial charge in [-0.25, -0.2) is 4.39 Å². The number of hydrogen-bond donors (Lipinski definition) is 0. The fourth-order valence-corrected chi connectivity index (χ4v) is 1.54. The lowest BCUT2D eigenvalue weighted by Crippen LogP contribution is -1.97. The lowest BCUT2D eigenvalue weighted by molar-refractivity contribution is 0.300. The number of ether oxygens (including phenoxy) is 1. The van der Waals surface area contributed by atoms with Crippen LogP contribution in [-0.4, -0.2) is 6.10 Å². The minimum Gasteiger partial charge on any atom is -0.489 e. The summed E-state index contributed by atoms with van der Waals surface area (Å²) >= 11 is 2.08. The fourth-order valence-electron chi connectivity index (χ4n) is 0.936. The van der Waals surface area contributed by atoms with Gasteiger partial charge in [0.05, 0.1) is 9.67 Å². The molecule has 0 saturated heterocycles. The van der Waals surface area contributed by atoms with Crippen LogP contribution in [0.3, 0.4) is 0 Å². The normalized spacial score (nSPS) is 16.2. The second-order valence-electron chi connectivity index (χ2n) is 2.89. The maximum atomic E-state index is 12.6. The van der Waals surface area contributed by atoms with Crippen molar-refractivity contribution in [3.05, 3.63) is 27.6 Å². The van der Waals surface area contributed by atoms with Crippen molar-refractivity contribution in [3.63, 3.8) is 0 Å². The quantitative estimate of drug-likeness (QED) is 0.756. The number of hydrogen-bond acceptors (Lipinski definition) is 1. The first-order valence-electron chi connectivity index (χ1n) is 3.87. The molecule has 64 valence electrons. The van der Waals surface area contributed by atoms with E-state index in [0.717, 1.165) is 22.2 Å². The molecule has 0 amide bonds. The molecule has 0 N–H and O–H groups in total. The second kappa shape index (κ2) is 3.20. The molecule has 2 rings (SSSR count). The third-order valence-corrected chi connectivity index (χ3v) is 2.55. The van der Waals surface area contributed by atoms with Crippen LogP contribution in [0.5, 0.6) is 5.75 Å². The summed E-state index contributed by atoms with van der Waals surface area (Å²) in [5.74, 6) is 0.599. The van der Waals surface area contributed by atoms with Crippen molar-refractivity contribution in [2.24, 2.45) is 0 Å². The maximum Gasteiger partial charge on any atom is 0.133 e. The summed E-state index contributed by atoms with van der Waals surface area (Å²) in [6.45, 7) is 0. The summed E-state index contributed by atoms with van der Waals surface area (Å²) in [6.07, 6.45) is 2.64. The molecule has 1 aliphatic rings. The fraction of sp³-hybridized carbons (Fsp3) is 0.333. The van der Waals surface area contributed by atoms with Gasteiger partial charge in [-0.1, -0.05) is 0 Å². The molecule has 0 spiro atoms. The van der Waals surface area contributed by atoms with Crippen LogP contribution < -0.4 is 4.74 Å². The summed E-state index contributed by atoms with van der Waals surface area (Å²) < 4.78 is 19.0. The molecule has 12 heavy (non-hydrogen) atoms. The molecule has 3 heteroatoms. The van der Waals surface area contributed by atoms with Crippen LogP contribution in [-0.2, 0) is 0 Å². The van der Waals surface area contributed by atoms with E-state index in [2.05, 4.69) is 22.6 Å². The van der Waals surface area contributed by atoms with Crippen LogP contribution in [0.4, 0.5) is 4.39 Å². The SMILES string of the molecule is Fc1ccc(OC2CC2)c(I)c1. The Morgan fingerprint density at radius 2 is 2.17 bits per heavy atom. The molecule has 1 fully saturated rings. The molecule has 0 radical (unpaired) electrons. The Kier molecular flexibility index (Phi) is 2.21. The highest BCUT2D eigenvalue weighted by Gasteiger charge is 2.24. The molecule has 1 aliphatic carbocycles. The van der Waals surface area contributed by atoms with Gasteiger partial charge in [0.2, 0.25) is 0 Å². The van der Waals surface area contributed by atoms with E-state index in [-0.39, 0.29) is 5.82 Å². The Morgan fingerprint density at radius 3 is 2.75 bits per heavy atom. The molecule has 1 nitrogen and oxygen atoms in total. The molecular formula is C9H8FIO. The van der Waals surface area contributed by atoms with Crippen molar-refractivity contribution in [1.82, 2.24) is 0 Å². The van der Waals surface area contributed by atoms with Gasteiger partial charge in [0, 0.05) is 0 Å². The van der Waals surface area contributed by atoms with E-state index in [9.17, 15) is 4.39 Å². The summed E-state index contributed by atoms with van der Waals surface area (Å²) in [4.78, 5) is 0. The van der Waals surface area contributed by atoms with E-state index < -0.39 is 0 Å². The van der Waals surface area contributed by atoms with Gasteiger partial charge in [0.25, 0.3) is 0 Å². The second-order valence-corrected chi connectivity index (χ2v) is 4.05. The van der Waals surface area contributed by atoms with Gasteiger partial charge in [0.15, 0.2) is 0 Å². The largest absolute Gasteiger partial charge is 0.489 e. The van der Waals surface area contributed by atoms with Crippen LogP contribution in [0.15, 0.2) is 18.2 Å². The first-order valence-corrected chi connectivity index (χ1v) is 4.95. The summed E-state index contributed by atoms with van der Waals surface area (Å²) in [6, 6.07) is 4.60. The summed E-state index contributed by atoms with van der Waals surface area (Å²) in [5.41, 5.74) is 0. The smallest absolute Gasteiger partial charge is 0.133 e. The highest BCUT2D eigenvalue weighted by atomic mass is 127. The van der Waals surface area contributed by atoms with Gasteiger partial charge >= 0.3 is 0 Å².